The van der Waals surface area contributed by atoms with E-state index in [0.29, 0.717) is 12.2 Å². The maximum absolute atomic E-state index is 12.1. The highest BCUT2D eigenvalue weighted by Gasteiger charge is 2.12. The van der Waals surface area contributed by atoms with E-state index in [1.807, 2.05) is 38.4 Å². The van der Waals surface area contributed by atoms with Gasteiger partial charge in [-0.3, -0.25) is 14.9 Å². The van der Waals surface area contributed by atoms with Gasteiger partial charge in [0, 0.05) is 31.3 Å². The monoisotopic (exact) mass is 342 g/mol. The molecular weight excluding hydrogens is 320 g/mol. The fraction of sp³-hybridized carbons (Fsp3) is 0.278. The Bertz CT molecular complexity index is 747. The molecule has 7 heteroatoms. The average Bonchev–Trinajstić information content (AvgIpc) is 2.54. The molecule has 0 bridgehead atoms. The van der Waals surface area contributed by atoms with E-state index in [1.54, 1.807) is 18.2 Å². The van der Waals surface area contributed by atoms with Crippen molar-refractivity contribution in [1.29, 1.82) is 0 Å². The minimum Gasteiger partial charge on any atom is -0.379 e. The summed E-state index contributed by atoms with van der Waals surface area (Å²) in [5, 5.41) is 16.7. The maximum Gasteiger partial charge on any atom is 0.292 e. The molecule has 132 valence electrons. The molecule has 2 rings (SSSR count). The summed E-state index contributed by atoms with van der Waals surface area (Å²) in [6, 6.07) is 14.1. The molecule has 7 nitrogen and oxygen atoms in total. The van der Waals surface area contributed by atoms with Crippen molar-refractivity contribution in [2.24, 2.45) is 0 Å². The van der Waals surface area contributed by atoms with Crippen molar-refractivity contribution in [3.8, 4) is 0 Å². The summed E-state index contributed by atoms with van der Waals surface area (Å²) < 4.78 is 0. The topological polar surface area (TPSA) is 87.5 Å². The van der Waals surface area contributed by atoms with Crippen LogP contribution in [0.5, 0.6) is 0 Å². The van der Waals surface area contributed by atoms with Gasteiger partial charge >= 0.3 is 0 Å². The number of hydrogen-bond donors (Lipinski definition) is 2. The van der Waals surface area contributed by atoms with Crippen molar-refractivity contribution in [3.05, 3.63) is 64.2 Å². The van der Waals surface area contributed by atoms with Crippen LogP contribution in [0.4, 0.5) is 17.1 Å². The zero-order chi connectivity index (χ0) is 18.2. The van der Waals surface area contributed by atoms with Gasteiger partial charge in [0.15, 0.2) is 0 Å². The Morgan fingerprint density at radius 1 is 1.16 bits per heavy atom. The number of hydrogen-bond acceptors (Lipinski definition) is 5. The number of rotatable bonds is 8. The molecule has 0 aliphatic rings. The van der Waals surface area contributed by atoms with Crippen LogP contribution >= 0.6 is 0 Å². The number of carbonyl (C=O) groups excluding carboxylic acids is 1. The van der Waals surface area contributed by atoms with E-state index in [0.717, 1.165) is 17.8 Å². The van der Waals surface area contributed by atoms with E-state index in [-0.39, 0.29) is 18.0 Å². The number of amides is 1. The molecule has 1 amide bonds. The molecule has 0 spiro atoms. The molecule has 25 heavy (non-hydrogen) atoms. The Balaban J connectivity index is 1.86. The quantitative estimate of drug-likeness (QED) is 0.568. The Morgan fingerprint density at radius 2 is 1.92 bits per heavy atom. The van der Waals surface area contributed by atoms with Crippen LogP contribution in [0, 0.1) is 10.1 Å². The van der Waals surface area contributed by atoms with E-state index >= 15 is 0 Å². The highest BCUT2D eigenvalue weighted by atomic mass is 16.6. The van der Waals surface area contributed by atoms with Gasteiger partial charge in [-0.1, -0.05) is 24.3 Å². The highest BCUT2D eigenvalue weighted by Crippen LogP contribution is 2.22. The molecule has 0 saturated carbocycles. The van der Waals surface area contributed by atoms with Gasteiger partial charge in [-0.2, -0.15) is 0 Å². The first-order chi connectivity index (χ1) is 12.0. The third-order valence-electron chi connectivity index (χ3n) is 3.48. The molecule has 0 atom stereocenters. The molecule has 0 aliphatic heterocycles. The second-order valence-corrected chi connectivity index (χ2v) is 5.94. The van der Waals surface area contributed by atoms with E-state index in [2.05, 4.69) is 15.5 Å². The van der Waals surface area contributed by atoms with Gasteiger partial charge < -0.3 is 15.5 Å². The highest BCUT2D eigenvalue weighted by molar-refractivity contribution is 5.91. The van der Waals surface area contributed by atoms with Gasteiger partial charge in [0.25, 0.3) is 5.69 Å². The lowest BCUT2D eigenvalue weighted by atomic mass is 10.2. The summed E-state index contributed by atoms with van der Waals surface area (Å²) >= 11 is 0. The number of nitro groups is 1. The fourth-order valence-electron chi connectivity index (χ4n) is 2.43. The number of benzene rings is 2. The average molecular weight is 342 g/mol. The summed E-state index contributed by atoms with van der Waals surface area (Å²) in [4.78, 5) is 24.6. The number of carbonyl (C=O) groups is 1. The minimum absolute atomic E-state index is 0.000653. The molecule has 0 radical (unpaired) electrons. The first-order valence-corrected chi connectivity index (χ1v) is 7.96. The van der Waals surface area contributed by atoms with Crippen LogP contribution in [-0.2, 0) is 11.3 Å². The number of anilines is 2. The van der Waals surface area contributed by atoms with Gasteiger partial charge in [-0.25, -0.2) is 0 Å². The third kappa shape index (κ3) is 5.89. The Labute approximate surface area is 146 Å². The number of nitro benzene ring substituents is 1. The summed E-state index contributed by atoms with van der Waals surface area (Å²) in [6.45, 7) is 1.11. The molecule has 2 aromatic carbocycles. The predicted octanol–water partition coefficient (Wildman–Crippen LogP) is 3.10. The molecule has 0 heterocycles. The number of nitrogens with one attached hydrogen (secondary N) is 2. The van der Waals surface area contributed by atoms with Crippen LogP contribution in [0.1, 0.15) is 12.0 Å². The van der Waals surface area contributed by atoms with Gasteiger partial charge in [0.2, 0.25) is 5.91 Å². The van der Waals surface area contributed by atoms with Crippen molar-refractivity contribution in [3.63, 3.8) is 0 Å². The van der Waals surface area contributed by atoms with Crippen molar-refractivity contribution in [2.45, 2.75) is 13.0 Å². The SMILES string of the molecule is CN(C)Cc1cccc(NC(=O)CCNc2ccccc2[N+](=O)[O-])c1. The van der Waals surface area contributed by atoms with Crippen molar-refractivity contribution < 1.29 is 9.72 Å². The molecule has 2 N–H and O–H groups in total. The zero-order valence-corrected chi connectivity index (χ0v) is 14.4. The van der Waals surface area contributed by atoms with Crippen LogP contribution in [0.25, 0.3) is 0 Å². The molecule has 0 aliphatic carbocycles. The van der Waals surface area contributed by atoms with Gasteiger partial charge in [0.1, 0.15) is 5.69 Å². The van der Waals surface area contributed by atoms with Gasteiger partial charge in [0.05, 0.1) is 4.92 Å². The van der Waals surface area contributed by atoms with E-state index in [1.165, 1.54) is 6.07 Å². The summed E-state index contributed by atoms with van der Waals surface area (Å²) in [6.07, 6.45) is 0.212. The minimum atomic E-state index is -0.446. The molecule has 0 fully saturated rings. The lowest BCUT2D eigenvalue weighted by molar-refractivity contribution is -0.384. The Kier molecular flexibility index (Phi) is 6.47. The third-order valence-corrected chi connectivity index (χ3v) is 3.48. The van der Waals surface area contributed by atoms with E-state index < -0.39 is 4.92 Å². The first-order valence-electron chi connectivity index (χ1n) is 7.96. The summed E-state index contributed by atoms with van der Waals surface area (Å²) in [5.74, 6) is -0.145. The Hall–Kier alpha value is -2.93. The molecule has 2 aromatic rings. The fourth-order valence-corrected chi connectivity index (χ4v) is 2.43. The predicted molar refractivity (Wildman–Crippen MR) is 98.7 cm³/mol. The van der Waals surface area contributed by atoms with Crippen LogP contribution in [-0.4, -0.2) is 36.4 Å². The van der Waals surface area contributed by atoms with Gasteiger partial charge in [-0.15, -0.1) is 0 Å². The lowest BCUT2D eigenvalue weighted by Gasteiger charge is -2.12. The summed E-state index contributed by atoms with van der Waals surface area (Å²) in [5.41, 5.74) is 2.27. The Morgan fingerprint density at radius 3 is 2.64 bits per heavy atom. The second kappa shape index (κ2) is 8.79. The van der Waals surface area contributed by atoms with Gasteiger partial charge in [-0.05, 0) is 37.9 Å². The largest absolute Gasteiger partial charge is 0.379 e. The van der Waals surface area contributed by atoms with E-state index in [4.69, 9.17) is 0 Å². The van der Waals surface area contributed by atoms with Crippen molar-refractivity contribution in [1.82, 2.24) is 4.90 Å². The van der Waals surface area contributed by atoms with Crippen LogP contribution < -0.4 is 10.6 Å². The van der Waals surface area contributed by atoms with Crippen molar-refractivity contribution >= 4 is 23.0 Å². The van der Waals surface area contributed by atoms with Crippen LogP contribution in [0.3, 0.4) is 0 Å². The smallest absolute Gasteiger partial charge is 0.292 e. The molecule has 0 aromatic heterocycles. The number of nitrogens with zero attached hydrogens (tertiary/aromatic N) is 2. The molecule has 0 saturated heterocycles. The zero-order valence-electron chi connectivity index (χ0n) is 14.4. The van der Waals surface area contributed by atoms with E-state index in [9.17, 15) is 14.9 Å². The maximum atomic E-state index is 12.1. The standard InChI is InChI=1S/C18H22N4O3/c1-21(2)13-14-6-5-7-15(12-14)20-18(23)10-11-19-16-8-3-4-9-17(16)22(24)25/h3-9,12,19H,10-11,13H2,1-2H3,(H,20,23). The van der Waals surface area contributed by atoms with Crippen LogP contribution in [0.15, 0.2) is 48.5 Å². The second-order valence-electron chi connectivity index (χ2n) is 5.94. The molecule has 0 unspecified atom stereocenters. The lowest BCUT2D eigenvalue weighted by Crippen LogP contribution is -2.17. The molecular formula is C18H22N4O3. The normalized spacial score (nSPS) is 10.5. The summed E-state index contributed by atoms with van der Waals surface area (Å²) in [7, 11) is 3.97. The van der Waals surface area contributed by atoms with Crippen molar-refractivity contribution in [2.75, 3.05) is 31.3 Å². The van der Waals surface area contributed by atoms with Crippen LogP contribution in [0.2, 0.25) is 0 Å². The first kappa shape index (κ1) is 18.4. The number of para-hydroxylation sites is 2.